The minimum absolute atomic E-state index is 1.12. The summed E-state index contributed by atoms with van der Waals surface area (Å²) in [5.41, 5.74) is 2.56. The van der Waals surface area contributed by atoms with Crippen molar-refractivity contribution in [3.8, 4) is 10.4 Å². The average Bonchev–Trinajstić information content (AvgIpc) is 2.67. The van der Waals surface area contributed by atoms with Gasteiger partial charge in [0.25, 0.3) is 0 Å². The summed E-state index contributed by atoms with van der Waals surface area (Å²) in [5, 5.41) is 0. The van der Waals surface area contributed by atoms with Crippen molar-refractivity contribution < 1.29 is 0 Å². The van der Waals surface area contributed by atoms with Crippen LogP contribution in [0.5, 0.6) is 0 Å². The first-order valence-corrected chi connectivity index (χ1v) is 5.62. The molecule has 0 unspecified atom stereocenters. The van der Waals surface area contributed by atoms with Crippen LogP contribution in [0.1, 0.15) is 17.4 Å². The van der Waals surface area contributed by atoms with Crippen molar-refractivity contribution >= 4 is 11.3 Å². The van der Waals surface area contributed by atoms with E-state index in [1.165, 1.54) is 20.9 Å². The van der Waals surface area contributed by atoms with Gasteiger partial charge in [-0.2, -0.15) is 0 Å². The predicted molar refractivity (Wildman–Crippen MR) is 61.7 cm³/mol. The summed E-state index contributed by atoms with van der Waals surface area (Å²) < 4.78 is 0. The zero-order chi connectivity index (χ0) is 9.97. The fourth-order valence-electron chi connectivity index (χ4n) is 1.43. The Bertz CT molecular complexity index is 431. The van der Waals surface area contributed by atoms with Crippen LogP contribution in [-0.2, 0) is 6.42 Å². The van der Waals surface area contributed by atoms with Crippen LogP contribution in [0.3, 0.4) is 0 Å². The summed E-state index contributed by atoms with van der Waals surface area (Å²) in [6.45, 7) is 4.31. The van der Waals surface area contributed by atoms with Gasteiger partial charge in [0.2, 0.25) is 0 Å². The monoisotopic (exact) mass is 203 g/mol. The first kappa shape index (κ1) is 9.41. The summed E-state index contributed by atoms with van der Waals surface area (Å²) in [5.74, 6) is 0. The van der Waals surface area contributed by atoms with Crippen molar-refractivity contribution in [1.29, 1.82) is 0 Å². The third kappa shape index (κ3) is 1.70. The van der Waals surface area contributed by atoms with E-state index in [1.54, 1.807) is 0 Å². The lowest BCUT2D eigenvalue weighted by Crippen LogP contribution is -1.80. The van der Waals surface area contributed by atoms with Gasteiger partial charge < -0.3 is 0 Å². The molecule has 0 N–H and O–H groups in total. The van der Waals surface area contributed by atoms with E-state index in [0.29, 0.717) is 0 Å². The molecule has 2 aromatic rings. The maximum absolute atomic E-state index is 4.16. The number of hydrogen-bond donors (Lipinski definition) is 0. The molecule has 1 nitrogen and oxygen atoms in total. The van der Waals surface area contributed by atoms with Crippen molar-refractivity contribution in [2.24, 2.45) is 0 Å². The SMILES string of the molecule is CCc1ccc(-c2cnccc2C)s1. The Labute approximate surface area is 88.4 Å². The van der Waals surface area contributed by atoms with Gasteiger partial charge in [-0.25, -0.2) is 0 Å². The first-order valence-electron chi connectivity index (χ1n) is 4.81. The van der Waals surface area contributed by atoms with Crippen LogP contribution < -0.4 is 0 Å². The van der Waals surface area contributed by atoms with Crippen molar-refractivity contribution in [1.82, 2.24) is 4.98 Å². The highest BCUT2D eigenvalue weighted by Crippen LogP contribution is 2.29. The van der Waals surface area contributed by atoms with Gasteiger partial charge in [0.1, 0.15) is 0 Å². The predicted octanol–water partition coefficient (Wildman–Crippen LogP) is 3.68. The second-order valence-corrected chi connectivity index (χ2v) is 4.48. The molecular formula is C12H13NS. The normalized spacial score (nSPS) is 10.4. The van der Waals surface area contributed by atoms with E-state index >= 15 is 0 Å². The van der Waals surface area contributed by atoms with Gasteiger partial charge in [-0.05, 0) is 37.1 Å². The molecule has 0 amide bonds. The number of aromatic nitrogens is 1. The Morgan fingerprint density at radius 1 is 1.29 bits per heavy atom. The maximum atomic E-state index is 4.16. The highest BCUT2D eigenvalue weighted by molar-refractivity contribution is 7.15. The maximum Gasteiger partial charge on any atom is 0.0363 e. The molecule has 0 bridgehead atoms. The smallest absolute Gasteiger partial charge is 0.0363 e. The fraction of sp³-hybridized carbons (Fsp3) is 0.250. The Kier molecular flexibility index (Phi) is 2.64. The van der Waals surface area contributed by atoms with E-state index in [-0.39, 0.29) is 0 Å². The van der Waals surface area contributed by atoms with Crippen LogP contribution in [-0.4, -0.2) is 4.98 Å². The largest absolute Gasteiger partial charge is 0.264 e. The zero-order valence-corrected chi connectivity index (χ0v) is 9.27. The number of pyridine rings is 1. The molecule has 0 saturated heterocycles. The van der Waals surface area contributed by atoms with Gasteiger partial charge in [0, 0.05) is 27.7 Å². The van der Waals surface area contributed by atoms with E-state index in [9.17, 15) is 0 Å². The molecule has 0 spiro atoms. The topological polar surface area (TPSA) is 12.9 Å². The van der Waals surface area contributed by atoms with Gasteiger partial charge in [-0.3, -0.25) is 4.98 Å². The molecule has 2 heterocycles. The molecule has 0 fully saturated rings. The Hall–Kier alpha value is -1.15. The molecule has 14 heavy (non-hydrogen) atoms. The highest BCUT2D eigenvalue weighted by Gasteiger charge is 2.04. The molecule has 72 valence electrons. The van der Waals surface area contributed by atoms with Gasteiger partial charge in [-0.1, -0.05) is 6.92 Å². The van der Waals surface area contributed by atoms with E-state index in [1.807, 2.05) is 23.7 Å². The van der Waals surface area contributed by atoms with Crippen molar-refractivity contribution in [2.45, 2.75) is 20.3 Å². The average molecular weight is 203 g/mol. The van der Waals surface area contributed by atoms with Crippen LogP contribution in [0.4, 0.5) is 0 Å². The molecule has 0 saturated carbocycles. The summed E-state index contributed by atoms with van der Waals surface area (Å²) in [4.78, 5) is 6.92. The lowest BCUT2D eigenvalue weighted by Gasteiger charge is -2.00. The van der Waals surface area contributed by atoms with Crippen molar-refractivity contribution in [2.75, 3.05) is 0 Å². The zero-order valence-electron chi connectivity index (χ0n) is 8.45. The number of nitrogens with zero attached hydrogens (tertiary/aromatic N) is 1. The molecule has 0 radical (unpaired) electrons. The molecule has 2 rings (SSSR count). The van der Waals surface area contributed by atoms with E-state index in [2.05, 4.69) is 37.0 Å². The lowest BCUT2D eigenvalue weighted by molar-refractivity contribution is 1.19. The number of thiophene rings is 1. The summed E-state index contributed by atoms with van der Waals surface area (Å²) in [7, 11) is 0. The minimum Gasteiger partial charge on any atom is -0.264 e. The molecule has 0 aromatic carbocycles. The highest BCUT2D eigenvalue weighted by atomic mass is 32.1. The number of hydrogen-bond acceptors (Lipinski definition) is 2. The Morgan fingerprint density at radius 3 is 2.79 bits per heavy atom. The second-order valence-electron chi connectivity index (χ2n) is 3.31. The third-order valence-electron chi connectivity index (χ3n) is 2.31. The second kappa shape index (κ2) is 3.93. The third-order valence-corrected chi connectivity index (χ3v) is 3.58. The van der Waals surface area contributed by atoms with E-state index in [0.717, 1.165) is 6.42 Å². The minimum atomic E-state index is 1.12. The van der Waals surface area contributed by atoms with Crippen LogP contribution in [0, 0.1) is 6.92 Å². The number of aryl methyl sites for hydroxylation is 2. The molecule has 0 atom stereocenters. The molecule has 2 heteroatoms. The quantitative estimate of drug-likeness (QED) is 0.725. The van der Waals surface area contributed by atoms with Crippen LogP contribution in [0.2, 0.25) is 0 Å². The van der Waals surface area contributed by atoms with Crippen molar-refractivity contribution in [3.63, 3.8) is 0 Å². The molecule has 2 aromatic heterocycles. The van der Waals surface area contributed by atoms with Gasteiger partial charge in [-0.15, -0.1) is 11.3 Å². The van der Waals surface area contributed by atoms with Gasteiger partial charge in [0.05, 0.1) is 0 Å². The number of rotatable bonds is 2. The van der Waals surface area contributed by atoms with Gasteiger partial charge >= 0.3 is 0 Å². The van der Waals surface area contributed by atoms with Gasteiger partial charge in [0.15, 0.2) is 0 Å². The summed E-state index contributed by atoms with van der Waals surface area (Å²) >= 11 is 1.86. The first-order chi connectivity index (χ1) is 6.81. The van der Waals surface area contributed by atoms with Crippen LogP contribution in [0.15, 0.2) is 30.6 Å². The van der Waals surface area contributed by atoms with Crippen LogP contribution in [0.25, 0.3) is 10.4 Å². The van der Waals surface area contributed by atoms with Crippen molar-refractivity contribution in [3.05, 3.63) is 41.0 Å². The van der Waals surface area contributed by atoms with Crippen LogP contribution >= 0.6 is 11.3 Å². The lowest BCUT2D eigenvalue weighted by atomic mass is 10.1. The Balaban J connectivity index is 2.44. The van der Waals surface area contributed by atoms with E-state index in [4.69, 9.17) is 0 Å². The molecule has 0 aliphatic carbocycles. The van der Waals surface area contributed by atoms with E-state index < -0.39 is 0 Å². The summed E-state index contributed by atoms with van der Waals surface area (Å²) in [6, 6.07) is 6.45. The summed E-state index contributed by atoms with van der Waals surface area (Å²) in [6.07, 6.45) is 4.90. The molecular weight excluding hydrogens is 190 g/mol. The Morgan fingerprint density at radius 2 is 2.14 bits per heavy atom. The standard InChI is InChI=1S/C12H13NS/c1-3-10-4-5-12(14-10)11-8-13-7-6-9(11)2/h4-8H,3H2,1-2H3. The molecule has 0 aliphatic heterocycles. The molecule has 0 aliphatic rings. The fourth-order valence-corrected chi connectivity index (χ4v) is 2.46.